The minimum Gasteiger partial charge on any atom is -1.00 e. The normalized spacial score (nSPS) is 7.25. The Morgan fingerprint density at radius 1 is 1.12 bits per heavy atom. The van der Waals surface area contributed by atoms with Crippen molar-refractivity contribution in [2.75, 3.05) is 0 Å². The average molecular weight is 185 g/mol. The molecule has 0 amide bonds. The minimum absolute atomic E-state index is 0. The van der Waals surface area contributed by atoms with E-state index in [4.69, 9.17) is 17.5 Å². The summed E-state index contributed by atoms with van der Waals surface area (Å²) < 4.78 is 34.1. The zero-order valence-corrected chi connectivity index (χ0v) is 5.92. The third-order valence-corrected chi connectivity index (χ3v) is 0. The Bertz CT molecular complexity index is 99.2. The molecule has 0 unspecified atom stereocenters. The molecule has 4 N–H and O–H groups in total. The van der Waals surface area contributed by atoms with Crippen LogP contribution in [0.15, 0.2) is 0 Å². The second-order valence-electron chi connectivity index (χ2n) is 0.408. The van der Waals surface area contributed by atoms with Crippen molar-refractivity contribution in [2.45, 2.75) is 0 Å². The van der Waals surface area contributed by atoms with E-state index < -0.39 is 10.4 Å². The Labute approximate surface area is 56.7 Å². The van der Waals surface area contributed by atoms with Gasteiger partial charge in [-0.15, -0.1) is 0 Å². The molecule has 5 nitrogen and oxygen atoms in total. The van der Waals surface area contributed by atoms with E-state index in [1.54, 1.807) is 0 Å². The average Bonchev–Trinajstić information content (AvgIpc) is 0.722. The molecule has 0 saturated carbocycles. The van der Waals surface area contributed by atoms with Crippen LogP contribution in [0.5, 0.6) is 0 Å². The van der Waals surface area contributed by atoms with Crippen molar-refractivity contribution in [2.24, 2.45) is 0 Å². The quantitative estimate of drug-likeness (QED) is 0.306. The molecule has 0 aliphatic carbocycles. The molecule has 52 valence electrons. The first-order chi connectivity index (χ1) is 2.00. The molecular weight excluding hydrogens is 181 g/mol. The van der Waals surface area contributed by atoms with Gasteiger partial charge in [0.1, 0.15) is 0 Å². The fourth-order valence-electron chi connectivity index (χ4n) is 0. The van der Waals surface area contributed by atoms with Gasteiger partial charge in [-0.05, 0) is 0 Å². The van der Waals surface area contributed by atoms with Gasteiger partial charge in [-0.1, -0.05) is 0 Å². The topological polar surface area (TPSA) is 117 Å². The first kappa shape index (κ1) is 23.9. The first-order valence-corrected chi connectivity index (χ1v) is 2.00. The molecule has 0 rings (SSSR count). The fraction of sp³-hybridized carbons (Fsp3) is 0. The van der Waals surface area contributed by atoms with Gasteiger partial charge in [0, 0.05) is 10.4 Å². The van der Waals surface area contributed by atoms with E-state index in [9.17, 15) is 0 Å². The van der Waals surface area contributed by atoms with Gasteiger partial charge in [-0.3, -0.25) is 8.42 Å². The van der Waals surface area contributed by atoms with E-state index in [0.29, 0.717) is 0 Å². The zero-order chi connectivity index (χ0) is 4.50. The summed E-state index contributed by atoms with van der Waals surface area (Å²) >= 11 is 0. The van der Waals surface area contributed by atoms with Crippen molar-refractivity contribution in [3.63, 3.8) is 0 Å². The number of rotatable bonds is 0. The molecule has 0 radical (unpaired) electrons. The van der Waals surface area contributed by atoms with E-state index in [2.05, 4.69) is 0 Å². The number of halogens is 1. The molecule has 0 spiro atoms. The van der Waals surface area contributed by atoms with Crippen LogP contribution in [0.2, 0.25) is 0 Å². The molecule has 0 fully saturated rings. The van der Waals surface area contributed by atoms with Crippen LogP contribution in [0.4, 0.5) is 0 Å². The SMILES string of the molecule is O=S(=O)([O-])[O-].[Cr+2].[F-].[NH4+]. The van der Waals surface area contributed by atoms with E-state index in [-0.39, 0.29) is 28.2 Å². The Balaban J connectivity index is -0.0000000267. The third-order valence-electron chi connectivity index (χ3n) is 0. The Kier molecular flexibility index (Phi) is 21.8. The van der Waals surface area contributed by atoms with Crippen molar-refractivity contribution < 1.29 is 39.6 Å². The molecule has 0 bridgehead atoms. The van der Waals surface area contributed by atoms with Gasteiger partial charge in [-0.25, -0.2) is 0 Å². The van der Waals surface area contributed by atoms with Gasteiger partial charge in [-0.2, -0.15) is 0 Å². The van der Waals surface area contributed by atoms with Crippen LogP contribution < -0.4 is 10.9 Å². The molecule has 8 heavy (non-hydrogen) atoms. The van der Waals surface area contributed by atoms with E-state index in [1.807, 2.05) is 0 Å². The van der Waals surface area contributed by atoms with Gasteiger partial charge < -0.3 is 20.0 Å². The first-order valence-electron chi connectivity index (χ1n) is 0.667. The Morgan fingerprint density at radius 3 is 1.12 bits per heavy atom. The molecule has 0 aliphatic rings. The zero-order valence-electron chi connectivity index (χ0n) is 3.83. The van der Waals surface area contributed by atoms with Crippen LogP contribution in [-0.2, 0) is 27.8 Å². The molecule has 0 heterocycles. The predicted molar refractivity (Wildman–Crippen MR) is 16.5 cm³/mol. The number of hydrogen-bond donors (Lipinski definition) is 1. The summed E-state index contributed by atoms with van der Waals surface area (Å²) in [5.74, 6) is 0. The summed E-state index contributed by atoms with van der Waals surface area (Å²) in [6.45, 7) is 0. The maximum atomic E-state index is 8.52. The second-order valence-corrected chi connectivity index (χ2v) is 1.22. The minimum atomic E-state index is -5.17. The van der Waals surface area contributed by atoms with Crippen molar-refractivity contribution >= 4 is 10.4 Å². The number of hydrogen-bond acceptors (Lipinski definition) is 4. The maximum absolute atomic E-state index is 8.52. The van der Waals surface area contributed by atoms with Crippen LogP contribution in [0, 0.1) is 0 Å². The van der Waals surface area contributed by atoms with Gasteiger partial charge in [0.15, 0.2) is 0 Å². The van der Waals surface area contributed by atoms with Gasteiger partial charge in [0.25, 0.3) is 0 Å². The van der Waals surface area contributed by atoms with Gasteiger partial charge >= 0.3 is 17.4 Å². The molecule has 0 aliphatic heterocycles. The standard InChI is InChI=1S/Cr.FH.H3N.H2O4S/c;;;1-5(2,3)4/h;1H;1H3;(H2,1,2,3,4)/q+2;;;/p-2. The van der Waals surface area contributed by atoms with E-state index in [0.717, 1.165) is 0 Å². The van der Waals surface area contributed by atoms with Crippen LogP contribution in [0.25, 0.3) is 0 Å². The van der Waals surface area contributed by atoms with Crippen LogP contribution in [-0.4, -0.2) is 17.5 Å². The van der Waals surface area contributed by atoms with Gasteiger partial charge in [0.2, 0.25) is 0 Å². The smallest absolute Gasteiger partial charge is 1.00 e. The molecule has 0 atom stereocenters. The van der Waals surface area contributed by atoms with Crippen molar-refractivity contribution in [3.8, 4) is 0 Å². The molecule has 0 aromatic carbocycles. The van der Waals surface area contributed by atoms with E-state index >= 15 is 0 Å². The van der Waals surface area contributed by atoms with E-state index in [1.165, 1.54) is 0 Å². The summed E-state index contributed by atoms with van der Waals surface area (Å²) in [5.41, 5.74) is 0. The number of quaternary nitrogens is 1. The maximum Gasteiger partial charge on any atom is 2.00 e. The molecular formula is H4CrFNO4S. The van der Waals surface area contributed by atoms with Crippen molar-refractivity contribution in [1.82, 2.24) is 6.15 Å². The Hall–Kier alpha value is 0.292. The molecule has 0 aromatic rings. The van der Waals surface area contributed by atoms with Crippen LogP contribution >= 0.6 is 0 Å². The van der Waals surface area contributed by atoms with Gasteiger partial charge in [0.05, 0.1) is 0 Å². The Morgan fingerprint density at radius 2 is 1.12 bits per heavy atom. The third kappa shape index (κ3) is 2060. The second kappa shape index (κ2) is 7.29. The summed E-state index contributed by atoms with van der Waals surface area (Å²) in [6, 6.07) is 0. The van der Waals surface area contributed by atoms with Crippen LogP contribution in [0.3, 0.4) is 0 Å². The van der Waals surface area contributed by atoms with Crippen LogP contribution in [0.1, 0.15) is 0 Å². The fourth-order valence-corrected chi connectivity index (χ4v) is 0. The molecule has 0 saturated heterocycles. The summed E-state index contributed by atoms with van der Waals surface area (Å²) in [6.07, 6.45) is 0. The summed E-state index contributed by atoms with van der Waals surface area (Å²) in [5, 5.41) is 0. The summed E-state index contributed by atoms with van der Waals surface area (Å²) in [7, 11) is -5.17. The molecule has 8 heteroatoms. The van der Waals surface area contributed by atoms with Crippen molar-refractivity contribution in [3.05, 3.63) is 0 Å². The van der Waals surface area contributed by atoms with Crippen molar-refractivity contribution in [1.29, 1.82) is 0 Å². The largest absolute Gasteiger partial charge is 2.00 e. The summed E-state index contributed by atoms with van der Waals surface area (Å²) in [4.78, 5) is 0. The monoisotopic (exact) mass is 185 g/mol. The predicted octanol–water partition coefficient (Wildman–Crippen LogP) is -3.96. The molecule has 0 aromatic heterocycles.